The summed E-state index contributed by atoms with van der Waals surface area (Å²) in [7, 11) is 0. The molecule has 3 N–H and O–H groups in total. The molecule has 0 aliphatic carbocycles. The molecule has 5 heteroatoms. The van der Waals surface area contributed by atoms with Crippen molar-refractivity contribution in [2.75, 3.05) is 0 Å². The maximum Gasteiger partial charge on any atom is 0.264 e. The van der Waals surface area contributed by atoms with Crippen LogP contribution in [0.25, 0.3) is 0 Å². The van der Waals surface area contributed by atoms with Crippen molar-refractivity contribution < 1.29 is 0 Å². The summed E-state index contributed by atoms with van der Waals surface area (Å²) in [5.41, 5.74) is 5.37. The summed E-state index contributed by atoms with van der Waals surface area (Å²) < 4.78 is 0. The highest BCUT2D eigenvalue weighted by atomic mass is 32.1. The molecule has 0 atom stereocenters. The maximum absolute atomic E-state index is 10.4. The molecule has 0 spiro atoms. The normalized spacial score (nSPS) is 9.20. The van der Waals surface area contributed by atoms with E-state index in [0.717, 1.165) is 0 Å². The lowest BCUT2D eigenvalue weighted by Gasteiger charge is -1.91. The van der Waals surface area contributed by atoms with Gasteiger partial charge in [0.25, 0.3) is 5.56 Å². The van der Waals surface area contributed by atoms with Gasteiger partial charge in [-0.05, 0) is 6.07 Å². The molecule has 1 rings (SSSR count). The molecule has 0 saturated heterocycles. The Hall–Kier alpha value is -1.23. The topological polar surface area (TPSA) is 71.8 Å². The third-order valence-electron chi connectivity index (χ3n) is 0.932. The number of nitrogens with zero attached hydrogens (tertiary/aromatic N) is 1. The number of nitrogens with two attached hydrogens (primary N) is 1. The number of thiocarbonyl (C=S) groups is 1. The first-order valence-electron chi connectivity index (χ1n) is 2.55. The van der Waals surface area contributed by atoms with E-state index in [-0.39, 0.29) is 10.5 Å². The summed E-state index contributed by atoms with van der Waals surface area (Å²) in [5.74, 6) is 0. The third kappa shape index (κ3) is 1.38. The van der Waals surface area contributed by atoms with Crippen LogP contribution in [0.3, 0.4) is 0 Å². The molecule has 4 nitrogen and oxygen atoms in total. The van der Waals surface area contributed by atoms with E-state index in [1.54, 1.807) is 0 Å². The number of aromatic amines is 1. The van der Waals surface area contributed by atoms with Crippen LogP contribution in [0, 0.1) is 0 Å². The summed E-state index contributed by atoms with van der Waals surface area (Å²) >= 11 is 4.60. The van der Waals surface area contributed by atoms with E-state index in [1.807, 2.05) is 0 Å². The second kappa shape index (κ2) is 2.57. The maximum atomic E-state index is 10.4. The van der Waals surface area contributed by atoms with Crippen molar-refractivity contribution in [3.05, 3.63) is 28.2 Å². The zero-order valence-corrected chi connectivity index (χ0v) is 5.81. The van der Waals surface area contributed by atoms with Gasteiger partial charge in [-0.15, -0.1) is 0 Å². The smallest absolute Gasteiger partial charge is 0.264 e. The number of rotatable bonds is 1. The second-order valence-corrected chi connectivity index (χ2v) is 2.11. The largest absolute Gasteiger partial charge is 0.388 e. The average molecular weight is 155 g/mol. The SMILES string of the molecule is NC(=S)c1ccc(=O)[nH]n1. The molecule has 0 fully saturated rings. The van der Waals surface area contributed by atoms with Crippen LogP contribution in [0.15, 0.2) is 16.9 Å². The van der Waals surface area contributed by atoms with Gasteiger partial charge in [0.1, 0.15) is 10.7 Å². The molecule has 0 aliphatic rings. The predicted octanol–water partition coefficient (Wildman–Crippen LogP) is -0.596. The lowest BCUT2D eigenvalue weighted by atomic mass is 10.4. The monoisotopic (exact) mass is 155 g/mol. The molecule has 0 bridgehead atoms. The van der Waals surface area contributed by atoms with Crippen molar-refractivity contribution in [1.82, 2.24) is 10.2 Å². The second-order valence-electron chi connectivity index (χ2n) is 1.67. The van der Waals surface area contributed by atoms with E-state index < -0.39 is 0 Å². The molecule has 1 aromatic heterocycles. The molecule has 0 aromatic carbocycles. The van der Waals surface area contributed by atoms with Crippen molar-refractivity contribution >= 4 is 17.2 Å². The molecule has 0 radical (unpaired) electrons. The van der Waals surface area contributed by atoms with Gasteiger partial charge < -0.3 is 5.73 Å². The zero-order chi connectivity index (χ0) is 7.56. The lowest BCUT2D eigenvalue weighted by molar-refractivity contribution is 0.977. The predicted molar refractivity (Wildman–Crippen MR) is 40.7 cm³/mol. The summed E-state index contributed by atoms with van der Waals surface area (Å²) in [6, 6.07) is 2.79. The zero-order valence-electron chi connectivity index (χ0n) is 5.00. The first-order valence-corrected chi connectivity index (χ1v) is 2.96. The van der Waals surface area contributed by atoms with Crippen molar-refractivity contribution in [2.45, 2.75) is 0 Å². The number of aromatic nitrogens is 2. The van der Waals surface area contributed by atoms with Gasteiger partial charge in [-0.1, -0.05) is 12.2 Å². The van der Waals surface area contributed by atoms with Crippen LogP contribution < -0.4 is 11.3 Å². The fourth-order valence-electron chi connectivity index (χ4n) is 0.482. The number of hydrogen-bond acceptors (Lipinski definition) is 3. The van der Waals surface area contributed by atoms with E-state index >= 15 is 0 Å². The van der Waals surface area contributed by atoms with Gasteiger partial charge in [-0.2, -0.15) is 5.10 Å². The van der Waals surface area contributed by atoms with E-state index in [1.165, 1.54) is 12.1 Å². The summed E-state index contributed by atoms with van der Waals surface area (Å²) in [6.45, 7) is 0. The molecule has 1 heterocycles. The Morgan fingerprint density at radius 1 is 1.70 bits per heavy atom. The molecule has 0 unspecified atom stereocenters. The Morgan fingerprint density at radius 2 is 2.40 bits per heavy atom. The van der Waals surface area contributed by atoms with Gasteiger partial charge in [-0.3, -0.25) is 4.79 Å². The number of hydrogen-bond donors (Lipinski definition) is 2. The Bertz CT molecular complexity index is 286. The minimum Gasteiger partial charge on any atom is -0.388 e. The lowest BCUT2D eigenvalue weighted by Crippen LogP contribution is -2.16. The molecule has 0 saturated carbocycles. The van der Waals surface area contributed by atoms with Crippen molar-refractivity contribution in [3.63, 3.8) is 0 Å². The standard InChI is InChI=1S/C5H5N3OS/c6-5(10)3-1-2-4(9)8-7-3/h1-2H,(H2,6,10)(H,8,9). The van der Waals surface area contributed by atoms with Crippen LogP contribution in [0.4, 0.5) is 0 Å². The molecular formula is C5H5N3OS. The van der Waals surface area contributed by atoms with Gasteiger partial charge in [0.05, 0.1) is 0 Å². The van der Waals surface area contributed by atoms with Crippen LogP contribution in [-0.4, -0.2) is 15.2 Å². The first kappa shape index (κ1) is 6.88. The summed E-state index contributed by atoms with van der Waals surface area (Å²) in [4.78, 5) is 10.6. The average Bonchev–Trinajstić information content (AvgIpc) is 1.88. The van der Waals surface area contributed by atoms with Gasteiger partial charge in [-0.25, -0.2) is 5.10 Å². The van der Waals surface area contributed by atoms with E-state index in [9.17, 15) is 4.79 Å². The molecule has 1 aromatic rings. The van der Waals surface area contributed by atoms with Gasteiger partial charge in [0.15, 0.2) is 0 Å². The number of nitrogens with one attached hydrogen (secondary N) is 1. The van der Waals surface area contributed by atoms with Gasteiger partial charge >= 0.3 is 0 Å². The van der Waals surface area contributed by atoms with Crippen LogP contribution in [0.2, 0.25) is 0 Å². The number of H-pyrrole nitrogens is 1. The Kier molecular flexibility index (Phi) is 1.77. The van der Waals surface area contributed by atoms with Crippen molar-refractivity contribution in [2.24, 2.45) is 5.73 Å². The van der Waals surface area contributed by atoms with E-state index in [4.69, 9.17) is 5.73 Å². The van der Waals surface area contributed by atoms with Crippen LogP contribution in [-0.2, 0) is 0 Å². The van der Waals surface area contributed by atoms with Gasteiger partial charge in [0.2, 0.25) is 0 Å². The molecule has 0 amide bonds. The minimum atomic E-state index is -0.264. The molecule has 0 aliphatic heterocycles. The third-order valence-corrected chi connectivity index (χ3v) is 1.14. The van der Waals surface area contributed by atoms with Crippen LogP contribution in [0.5, 0.6) is 0 Å². The molecule has 52 valence electrons. The Morgan fingerprint density at radius 3 is 2.80 bits per heavy atom. The highest BCUT2D eigenvalue weighted by Gasteiger charge is 1.94. The first-order chi connectivity index (χ1) is 4.70. The van der Waals surface area contributed by atoms with Gasteiger partial charge in [0, 0.05) is 6.07 Å². The summed E-state index contributed by atoms with van der Waals surface area (Å²) in [6.07, 6.45) is 0. The minimum absolute atomic E-state index is 0.177. The van der Waals surface area contributed by atoms with Crippen LogP contribution >= 0.6 is 12.2 Å². The van der Waals surface area contributed by atoms with Crippen molar-refractivity contribution in [1.29, 1.82) is 0 Å². The van der Waals surface area contributed by atoms with E-state index in [0.29, 0.717) is 5.69 Å². The van der Waals surface area contributed by atoms with E-state index in [2.05, 4.69) is 22.4 Å². The summed E-state index contributed by atoms with van der Waals surface area (Å²) in [5, 5.41) is 5.78. The molecule has 10 heavy (non-hydrogen) atoms. The highest BCUT2D eigenvalue weighted by Crippen LogP contribution is 1.85. The highest BCUT2D eigenvalue weighted by molar-refractivity contribution is 7.80. The Balaban J connectivity index is 3.12. The van der Waals surface area contributed by atoms with Crippen LogP contribution in [0.1, 0.15) is 5.69 Å². The molecular weight excluding hydrogens is 150 g/mol. The quantitative estimate of drug-likeness (QED) is 0.531. The Labute approximate surface area is 62.1 Å². The fraction of sp³-hybridized carbons (Fsp3) is 0. The fourth-order valence-corrected chi connectivity index (χ4v) is 0.595. The van der Waals surface area contributed by atoms with Crippen molar-refractivity contribution in [3.8, 4) is 0 Å².